The third-order valence-electron chi connectivity index (χ3n) is 0. The van der Waals surface area contributed by atoms with Gasteiger partial charge < -0.3 is 0 Å². The fourth-order valence-corrected chi connectivity index (χ4v) is 0. The molecule has 0 spiro atoms. The molecule has 2 heteroatoms. The maximum absolute atomic E-state index is 4.77. The number of hydrogen-bond donors (Lipinski definition) is 0. The van der Waals surface area contributed by atoms with Crippen LogP contribution in [0.15, 0.2) is 0 Å². The predicted molar refractivity (Wildman–Crippen MR) is 19.3 cm³/mol. The van der Waals surface area contributed by atoms with Crippen molar-refractivity contribution in [2.24, 2.45) is 0 Å². The van der Waals surface area contributed by atoms with Gasteiger partial charge in [0.05, 0.1) is 0 Å². The summed E-state index contributed by atoms with van der Waals surface area (Å²) in [5.74, 6) is 0. The van der Waals surface area contributed by atoms with Crippen molar-refractivity contribution in [1.29, 1.82) is 0 Å². The quantitative estimate of drug-likeness (QED) is 0.598. The molecule has 0 rings (SSSR count). The first kappa shape index (κ1) is 4.96. The van der Waals surface area contributed by atoms with Crippen molar-refractivity contribution in [3.05, 3.63) is 0 Å². The molecular formula is C2H6AuS. The van der Waals surface area contributed by atoms with Crippen LogP contribution in [0.5, 0.6) is 0 Å². The summed E-state index contributed by atoms with van der Waals surface area (Å²) in [4.78, 5) is 0. The summed E-state index contributed by atoms with van der Waals surface area (Å²) in [5, 5.41) is 4.26. The topological polar surface area (TPSA) is 0 Å². The molecule has 0 saturated carbocycles. The first-order valence-electron chi connectivity index (χ1n) is 0.726. The second-order valence-electron chi connectivity index (χ2n) is 0.548. The first-order valence-corrected chi connectivity index (χ1v) is 7.96. The van der Waals surface area contributed by atoms with E-state index in [1.807, 2.05) is 0 Å². The molecule has 0 aliphatic heterocycles. The van der Waals surface area contributed by atoms with E-state index in [0.29, 0.717) is 0 Å². The number of hydrogen-bond acceptors (Lipinski definition) is 1. The van der Waals surface area contributed by atoms with Crippen molar-refractivity contribution >= 4 is 9.58 Å². The van der Waals surface area contributed by atoms with Gasteiger partial charge in [-0.2, -0.15) is 0 Å². The van der Waals surface area contributed by atoms with Crippen molar-refractivity contribution in [3.63, 3.8) is 0 Å². The summed E-state index contributed by atoms with van der Waals surface area (Å²) in [5.41, 5.74) is 0. The molecule has 0 amide bonds. The van der Waals surface area contributed by atoms with Crippen molar-refractivity contribution < 1.29 is 16.6 Å². The average molecular weight is 259 g/mol. The molecule has 4 heavy (non-hydrogen) atoms. The minimum atomic E-state index is -0.620. The van der Waals surface area contributed by atoms with Crippen LogP contribution < -0.4 is 0 Å². The molecule has 0 atom stereocenters. The Bertz CT molecular complexity index is 29.0. The van der Waals surface area contributed by atoms with Gasteiger partial charge in [0.1, 0.15) is 0 Å². The molecule has 0 N–H and O–H groups in total. The summed E-state index contributed by atoms with van der Waals surface area (Å²) in [6.45, 7) is 0. The Balaban J connectivity index is 2.80. The van der Waals surface area contributed by atoms with E-state index in [1.54, 1.807) is 0 Å². The van der Waals surface area contributed by atoms with Crippen molar-refractivity contribution in [2.45, 2.75) is 10.3 Å². The third-order valence-corrected chi connectivity index (χ3v) is 0. The molecule has 0 saturated heterocycles. The van der Waals surface area contributed by atoms with Gasteiger partial charge >= 0.3 is 36.4 Å². The van der Waals surface area contributed by atoms with Gasteiger partial charge in [0, 0.05) is 0 Å². The molecule has 0 radical (unpaired) electrons. The molecule has 0 aromatic heterocycles. The van der Waals surface area contributed by atoms with Crippen LogP contribution in [0.2, 0.25) is 10.3 Å². The van der Waals surface area contributed by atoms with Gasteiger partial charge in [-0.25, -0.2) is 0 Å². The molecule has 0 aromatic rings. The van der Waals surface area contributed by atoms with Gasteiger partial charge in [-0.1, -0.05) is 0 Å². The van der Waals surface area contributed by atoms with Crippen molar-refractivity contribution in [3.8, 4) is 0 Å². The van der Waals surface area contributed by atoms with Crippen LogP contribution >= 0.6 is 9.58 Å². The van der Waals surface area contributed by atoms with Gasteiger partial charge in [-0.3, -0.25) is 0 Å². The Morgan fingerprint density at radius 3 is 1.50 bits per heavy atom. The summed E-state index contributed by atoms with van der Waals surface area (Å²) in [6, 6.07) is 0. The van der Waals surface area contributed by atoms with E-state index in [4.69, 9.17) is 9.58 Å². The molecule has 0 unspecified atom stereocenters. The SMILES string of the molecule is [CH3][Au]([CH3])=[S]. The van der Waals surface area contributed by atoms with Crippen LogP contribution in [-0.4, -0.2) is 0 Å². The number of rotatable bonds is 0. The van der Waals surface area contributed by atoms with E-state index in [1.165, 1.54) is 0 Å². The van der Waals surface area contributed by atoms with Gasteiger partial charge in [-0.05, 0) is 0 Å². The minimum absolute atomic E-state index is 0.620. The summed E-state index contributed by atoms with van der Waals surface area (Å²) >= 11 is -0.620. The monoisotopic (exact) mass is 259 g/mol. The molecule has 0 nitrogen and oxygen atoms in total. The standard InChI is InChI=1S/2CH3.Au.S/h2*1H3;;. The zero-order valence-electron chi connectivity index (χ0n) is 2.71. The molecule has 0 heterocycles. The molecular weight excluding hydrogens is 253 g/mol. The van der Waals surface area contributed by atoms with Crippen molar-refractivity contribution in [2.75, 3.05) is 0 Å². The fourth-order valence-electron chi connectivity index (χ4n) is 0. The van der Waals surface area contributed by atoms with Crippen LogP contribution in [0.25, 0.3) is 0 Å². The van der Waals surface area contributed by atoms with Crippen LogP contribution in [0.4, 0.5) is 0 Å². The molecule has 31 valence electrons. The molecule has 0 aliphatic rings. The van der Waals surface area contributed by atoms with Crippen molar-refractivity contribution in [1.82, 2.24) is 0 Å². The zero-order chi connectivity index (χ0) is 3.58. The average Bonchev–Trinajstić information content (AvgIpc) is 0.811. The maximum atomic E-state index is 4.77. The van der Waals surface area contributed by atoms with Crippen LogP contribution in [0.3, 0.4) is 0 Å². The van der Waals surface area contributed by atoms with Crippen LogP contribution in [0, 0.1) is 0 Å². The zero-order valence-corrected chi connectivity index (χ0v) is 5.69. The Morgan fingerprint density at radius 2 is 1.50 bits per heavy atom. The van der Waals surface area contributed by atoms with E-state index in [9.17, 15) is 0 Å². The second-order valence-corrected chi connectivity index (χ2v) is 8.51. The Hall–Kier alpha value is 0.960. The third kappa shape index (κ3) is 12.3. The summed E-state index contributed by atoms with van der Waals surface area (Å²) < 4.78 is 0. The van der Waals surface area contributed by atoms with Gasteiger partial charge in [-0.15, -0.1) is 0 Å². The summed E-state index contributed by atoms with van der Waals surface area (Å²) in [7, 11) is 4.77. The first-order chi connectivity index (χ1) is 1.73. The second kappa shape index (κ2) is 2.21. The van der Waals surface area contributed by atoms with E-state index in [2.05, 4.69) is 10.3 Å². The molecule has 0 aromatic carbocycles. The summed E-state index contributed by atoms with van der Waals surface area (Å²) in [6.07, 6.45) is 0. The van der Waals surface area contributed by atoms with Gasteiger partial charge in [0.15, 0.2) is 0 Å². The molecule has 0 bridgehead atoms. The Labute approximate surface area is 36.6 Å². The van der Waals surface area contributed by atoms with Crippen LogP contribution in [-0.2, 0) is 16.6 Å². The van der Waals surface area contributed by atoms with Crippen LogP contribution in [0.1, 0.15) is 0 Å². The molecule has 0 aliphatic carbocycles. The van der Waals surface area contributed by atoms with Gasteiger partial charge in [0.25, 0.3) is 0 Å². The van der Waals surface area contributed by atoms with E-state index >= 15 is 0 Å². The molecule has 0 fully saturated rings. The fraction of sp³-hybridized carbons (Fsp3) is 1.00. The predicted octanol–water partition coefficient (Wildman–Crippen LogP) is 1.81. The van der Waals surface area contributed by atoms with E-state index in [0.717, 1.165) is 0 Å². The Kier molecular flexibility index (Phi) is 2.74. The Morgan fingerprint density at radius 1 is 1.50 bits per heavy atom. The normalized spacial score (nSPS) is 11.0. The van der Waals surface area contributed by atoms with Gasteiger partial charge in [0.2, 0.25) is 0 Å². The van der Waals surface area contributed by atoms with E-state index in [-0.39, 0.29) is 0 Å². The van der Waals surface area contributed by atoms with E-state index < -0.39 is 16.6 Å².